The Morgan fingerprint density at radius 3 is 2.78 bits per heavy atom. The summed E-state index contributed by atoms with van der Waals surface area (Å²) in [5.41, 5.74) is 0.0993. The first-order valence-electron chi connectivity index (χ1n) is 11.2. The van der Waals surface area contributed by atoms with Crippen LogP contribution >= 0.6 is 15.9 Å². The highest BCUT2D eigenvalue weighted by Crippen LogP contribution is 2.39. The van der Waals surface area contributed by atoms with Gasteiger partial charge in [-0.2, -0.15) is 23.0 Å². The van der Waals surface area contributed by atoms with Crippen LogP contribution in [0.5, 0.6) is 11.6 Å². The summed E-state index contributed by atoms with van der Waals surface area (Å²) in [5, 5.41) is 4.32. The van der Waals surface area contributed by atoms with Crippen LogP contribution in [0.25, 0.3) is 0 Å². The molecule has 0 N–H and O–H groups in total. The summed E-state index contributed by atoms with van der Waals surface area (Å²) in [6, 6.07) is 2.20. The lowest BCUT2D eigenvalue weighted by atomic mass is 10.1. The van der Waals surface area contributed by atoms with Crippen molar-refractivity contribution in [2.75, 3.05) is 18.1 Å². The van der Waals surface area contributed by atoms with E-state index in [0.717, 1.165) is 25.0 Å². The molecule has 4 heterocycles. The molecule has 36 heavy (non-hydrogen) atoms. The zero-order chi connectivity index (χ0) is 25.4. The lowest BCUT2D eigenvalue weighted by Crippen LogP contribution is -2.36. The second kappa shape index (κ2) is 9.77. The third-order valence-corrected chi connectivity index (χ3v) is 6.86. The third-order valence-electron chi connectivity index (χ3n) is 6.12. The van der Waals surface area contributed by atoms with Crippen LogP contribution in [0.1, 0.15) is 42.3 Å². The van der Waals surface area contributed by atoms with Crippen molar-refractivity contribution in [3.8, 4) is 11.6 Å². The number of benzene rings is 1. The Morgan fingerprint density at radius 1 is 1.19 bits per heavy atom. The minimum atomic E-state index is -4.80. The average molecular weight is 570 g/mol. The Labute approximate surface area is 211 Å². The summed E-state index contributed by atoms with van der Waals surface area (Å²) in [6.45, 7) is 1.25. The number of nitrogens with zero attached hydrogens (tertiary/aromatic N) is 5. The Hall–Kier alpha value is -3.06. The van der Waals surface area contributed by atoms with Gasteiger partial charge in [0.15, 0.2) is 6.23 Å². The third kappa shape index (κ3) is 4.81. The largest absolute Gasteiger partial charge is 0.438 e. The van der Waals surface area contributed by atoms with Crippen molar-refractivity contribution in [1.82, 2.24) is 19.7 Å². The van der Waals surface area contributed by atoms with Gasteiger partial charge in [-0.05, 0) is 59.8 Å². The van der Waals surface area contributed by atoms with Gasteiger partial charge in [0.1, 0.15) is 27.9 Å². The first kappa shape index (κ1) is 24.6. The van der Waals surface area contributed by atoms with Crippen LogP contribution in [0, 0.1) is 5.82 Å². The smallest absolute Gasteiger partial charge is 0.420 e. The Kier molecular flexibility index (Phi) is 6.68. The molecule has 0 radical (unpaired) electrons. The van der Waals surface area contributed by atoms with Gasteiger partial charge in [0, 0.05) is 18.7 Å². The van der Waals surface area contributed by atoms with E-state index in [1.807, 2.05) is 4.90 Å². The molecule has 0 bridgehead atoms. The molecule has 13 heteroatoms. The topological polar surface area (TPSA) is 82.4 Å². The van der Waals surface area contributed by atoms with Crippen molar-refractivity contribution < 1.29 is 27.0 Å². The molecule has 1 atom stereocenters. The van der Waals surface area contributed by atoms with Crippen LogP contribution in [-0.4, -0.2) is 32.9 Å². The summed E-state index contributed by atoms with van der Waals surface area (Å²) in [7, 11) is 0. The fourth-order valence-corrected chi connectivity index (χ4v) is 4.85. The Morgan fingerprint density at radius 2 is 2.03 bits per heavy atom. The number of alkyl halides is 3. The van der Waals surface area contributed by atoms with Crippen molar-refractivity contribution in [3.63, 3.8) is 0 Å². The molecule has 2 aliphatic rings. The summed E-state index contributed by atoms with van der Waals surface area (Å²) in [5.74, 6) is -1.60. The number of halogens is 5. The fourth-order valence-electron chi connectivity index (χ4n) is 4.31. The molecule has 0 spiro atoms. The van der Waals surface area contributed by atoms with Crippen molar-refractivity contribution in [2.45, 2.75) is 44.6 Å². The van der Waals surface area contributed by atoms with Gasteiger partial charge in [0.2, 0.25) is 5.88 Å². The van der Waals surface area contributed by atoms with Crippen LogP contribution < -0.4 is 15.2 Å². The van der Waals surface area contributed by atoms with E-state index in [-0.39, 0.29) is 18.0 Å². The predicted octanol–water partition coefficient (Wildman–Crippen LogP) is 5.01. The molecule has 8 nitrogen and oxygen atoms in total. The highest BCUT2D eigenvalue weighted by atomic mass is 79.9. The first-order chi connectivity index (χ1) is 17.2. The van der Waals surface area contributed by atoms with Crippen molar-refractivity contribution in [2.24, 2.45) is 0 Å². The molecule has 1 fully saturated rings. The van der Waals surface area contributed by atoms with Gasteiger partial charge in [-0.15, -0.1) is 0 Å². The molecule has 0 aliphatic carbocycles. The number of fused-ring (bicyclic) bond motifs is 1. The van der Waals surface area contributed by atoms with Crippen molar-refractivity contribution in [3.05, 3.63) is 68.2 Å². The highest BCUT2D eigenvalue weighted by Gasteiger charge is 2.36. The Balaban J connectivity index is 1.40. The second-order valence-electron chi connectivity index (χ2n) is 8.43. The molecule has 2 aromatic heterocycles. The molecule has 3 aromatic rings. The Bertz CT molecular complexity index is 1340. The van der Waals surface area contributed by atoms with Crippen LogP contribution in [0.2, 0.25) is 0 Å². The van der Waals surface area contributed by atoms with Crippen LogP contribution in [0.15, 0.2) is 40.0 Å². The minimum Gasteiger partial charge on any atom is -0.438 e. The molecular formula is C23H20BrF4N5O3. The van der Waals surface area contributed by atoms with E-state index in [0.29, 0.717) is 53.5 Å². The SMILES string of the molecule is O=c1c(Br)c(N2CCc3c(ncnc3Oc3ccc(F)cc3C(F)(F)F)C2)cnn1C1CCCCO1. The van der Waals surface area contributed by atoms with E-state index < -0.39 is 29.5 Å². The number of anilines is 1. The molecule has 1 aromatic carbocycles. The van der Waals surface area contributed by atoms with Gasteiger partial charge < -0.3 is 14.4 Å². The summed E-state index contributed by atoms with van der Waals surface area (Å²) in [4.78, 5) is 23.1. The number of ether oxygens (including phenoxy) is 2. The van der Waals surface area contributed by atoms with E-state index in [4.69, 9.17) is 9.47 Å². The van der Waals surface area contributed by atoms with E-state index in [1.165, 1.54) is 11.0 Å². The van der Waals surface area contributed by atoms with Crippen molar-refractivity contribution >= 4 is 21.6 Å². The number of hydrogen-bond donors (Lipinski definition) is 0. The van der Waals surface area contributed by atoms with E-state index in [9.17, 15) is 22.4 Å². The van der Waals surface area contributed by atoms with E-state index in [2.05, 4.69) is 31.0 Å². The number of hydrogen-bond acceptors (Lipinski definition) is 7. The molecule has 2 aliphatic heterocycles. The van der Waals surface area contributed by atoms with Gasteiger partial charge in [-0.25, -0.2) is 14.4 Å². The van der Waals surface area contributed by atoms with E-state index in [1.54, 1.807) is 6.20 Å². The van der Waals surface area contributed by atoms with E-state index >= 15 is 0 Å². The maximum atomic E-state index is 13.5. The highest BCUT2D eigenvalue weighted by molar-refractivity contribution is 9.10. The predicted molar refractivity (Wildman–Crippen MR) is 123 cm³/mol. The lowest BCUT2D eigenvalue weighted by molar-refractivity contribution is -0.138. The average Bonchev–Trinajstić information content (AvgIpc) is 2.86. The first-order valence-corrected chi connectivity index (χ1v) is 12.0. The minimum absolute atomic E-state index is 0.0289. The molecule has 1 saturated heterocycles. The monoisotopic (exact) mass is 569 g/mol. The summed E-state index contributed by atoms with van der Waals surface area (Å²) in [6.07, 6.45) is 0.524. The molecule has 0 saturated carbocycles. The number of aromatic nitrogens is 4. The zero-order valence-corrected chi connectivity index (χ0v) is 20.4. The zero-order valence-electron chi connectivity index (χ0n) is 18.8. The molecule has 190 valence electrons. The van der Waals surface area contributed by atoms with Crippen molar-refractivity contribution in [1.29, 1.82) is 0 Å². The van der Waals surface area contributed by atoms with Crippen LogP contribution in [-0.2, 0) is 23.9 Å². The second-order valence-corrected chi connectivity index (χ2v) is 9.22. The molecular weight excluding hydrogens is 550 g/mol. The van der Waals surface area contributed by atoms with Crippen LogP contribution in [0.4, 0.5) is 23.2 Å². The van der Waals surface area contributed by atoms with Gasteiger partial charge in [0.25, 0.3) is 5.56 Å². The maximum absolute atomic E-state index is 13.5. The molecule has 0 amide bonds. The normalized spacial score (nSPS) is 18.1. The fraction of sp³-hybridized carbons (Fsp3) is 0.391. The van der Waals surface area contributed by atoms with Crippen LogP contribution in [0.3, 0.4) is 0 Å². The standard InChI is InChI=1S/C23H20BrF4N5O3/c24-20-17(10-31-33(22(20)34)19-3-1-2-8-35-19)32-7-6-14-16(11-32)29-12-30-21(14)36-18-5-4-13(25)9-15(18)23(26,27)28/h4-5,9-10,12,19H,1-3,6-8,11H2. The molecule has 1 unspecified atom stereocenters. The quantitative estimate of drug-likeness (QED) is 0.408. The maximum Gasteiger partial charge on any atom is 0.420 e. The van der Waals surface area contributed by atoms with Gasteiger partial charge in [0.05, 0.1) is 24.1 Å². The summed E-state index contributed by atoms with van der Waals surface area (Å²) < 4.78 is 66.5. The lowest BCUT2D eigenvalue weighted by Gasteiger charge is -2.31. The molecule has 5 rings (SSSR count). The van der Waals surface area contributed by atoms with Gasteiger partial charge in [-0.1, -0.05) is 0 Å². The number of rotatable bonds is 4. The summed E-state index contributed by atoms with van der Waals surface area (Å²) >= 11 is 3.40. The van der Waals surface area contributed by atoms with Gasteiger partial charge in [-0.3, -0.25) is 4.79 Å². The van der Waals surface area contributed by atoms with Gasteiger partial charge >= 0.3 is 6.18 Å².